The van der Waals surface area contributed by atoms with Crippen molar-refractivity contribution >= 4 is 23.3 Å². The Kier molecular flexibility index (Phi) is 4.93. The molecule has 1 saturated heterocycles. The first-order valence-electron chi connectivity index (χ1n) is 10.1. The number of hydrogen-bond acceptors (Lipinski definition) is 6. The molecule has 0 bridgehead atoms. The SMILES string of the molecule is Cc1ccc(Cl)cc1-c1nc(-c2cnn3c(C4CCN(C(=O)O)CC4)cc(=O)[nH]c23)no1. The van der Waals surface area contributed by atoms with E-state index in [1.54, 1.807) is 22.8 Å². The molecule has 0 saturated carbocycles. The maximum absolute atomic E-state index is 12.4. The Hall–Kier alpha value is -3.66. The highest BCUT2D eigenvalue weighted by atomic mass is 35.5. The second-order valence-electron chi connectivity index (χ2n) is 7.80. The molecule has 0 spiro atoms. The highest BCUT2D eigenvalue weighted by Crippen LogP contribution is 2.31. The second-order valence-corrected chi connectivity index (χ2v) is 8.24. The summed E-state index contributed by atoms with van der Waals surface area (Å²) in [6, 6.07) is 6.93. The number of amides is 1. The second kappa shape index (κ2) is 7.79. The molecule has 4 aromatic rings. The third-order valence-electron chi connectivity index (χ3n) is 5.82. The maximum atomic E-state index is 12.4. The molecule has 0 aliphatic carbocycles. The Morgan fingerprint density at radius 2 is 2.03 bits per heavy atom. The van der Waals surface area contributed by atoms with E-state index in [4.69, 9.17) is 16.1 Å². The number of benzene rings is 1. The van der Waals surface area contributed by atoms with Gasteiger partial charge in [0.1, 0.15) is 5.65 Å². The van der Waals surface area contributed by atoms with Gasteiger partial charge in [-0.15, -0.1) is 0 Å². The number of hydrogen-bond donors (Lipinski definition) is 2. The average molecular weight is 455 g/mol. The average Bonchev–Trinajstić information content (AvgIpc) is 3.42. The van der Waals surface area contributed by atoms with Gasteiger partial charge in [0.25, 0.3) is 11.4 Å². The Morgan fingerprint density at radius 1 is 1.25 bits per heavy atom. The zero-order valence-electron chi connectivity index (χ0n) is 17.1. The molecule has 2 N–H and O–H groups in total. The van der Waals surface area contributed by atoms with E-state index in [9.17, 15) is 14.7 Å². The summed E-state index contributed by atoms with van der Waals surface area (Å²) in [5.74, 6) is 0.625. The molecule has 10 nitrogen and oxygen atoms in total. The summed E-state index contributed by atoms with van der Waals surface area (Å²) in [4.78, 5) is 32.3. The van der Waals surface area contributed by atoms with E-state index < -0.39 is 6.09 Å². The lowest BCUT2D eigenvalue weighted by Gasteiger charge is -2.30. The summed E-state index contributed by atoms with van der Waals surface area (Å²) in [6.45, 7) is 2.75. The molecular weight excluding hydrogens is 436 g/mol. The van der Waals surface area contributed by atoms with Crippen molar-refractivity contribution in [2.24, 2.45) is 0 Å². The van der Waals surface area contributed by atoms with E-state index in [0.29, 0.717) is 53.9 Å². The molecule has 5 rings (SSSR count). The fraction of sp³-hybridized carbons (Fsp3) is 0.286. The van der Waals surface area contributed by atoms with Gasteiger partial charge in [-0.25, -0.2) is 9.31 Å². The van der Waals surface area contributed by atoms with Gasteiger partial charge < -0.3 is 19.5 Å². The summed E-state index contributed by atoms with van der Waals surface area (Å²) < 4.78 is 7.13. The number of rotatable bonds is 3. The number of nitrogens with zero attached hydrogens (tertiary/aromatic N) is 5. The lowest BCUT2D eigenvalue weighted by Crippen LogP contribution is -2.37. The highest BCUT2D eigenvalue weighted by molar-refractivity contribution is 6.30. The van der Waals surface area contributed by atoms with Gasteiger partial charge in [-0.05, 0) is 37.5 Å². The van der Waals surface area contributed by atoms with Crippen LogP contribution in [0.3, 0.4) is 0 Å². The number of aromatic amines is 1. The molecule has 1 fully saturated rings. The number of carboxylic acid groups (broad SMARTS) is 1. The number of fused-ring (bicyclic) bond motifs is 1. The van der Waals surface area contributed by atoms with Crippen LogP contribution < -0.4 is 5.56 Å². The van der Waals surface area contributed by atoms with Gasteiger partial charge in [0.15, 0.2) is 0 Å². The third-order valence-corrected chi connectivity index (χ3v) is 6.05. The van der Waals surface area contributed by atoms with Crippen LogP contribution in [0.25, 0.3) is 28.5 Å². The number of aromatic nitrogens is 5. The maximum Gasteiger partial charge on any atom is 0.407 e. The van der Waals surface area contributed by atoms with E-state index in [2.05, 4.69) is 20.2 Å². The Balaban J connectivity index is 1.52. The van der Waals surface area contributed by atoms with Crippen molar-refractivity contribution < 1.29 is 14.4 Å². The van der Waals surface area contributed by atoms with Crippen LogP contribution in [0.1, 0.15) is 30.0 Å². The summed E-state index contributed by atoms with van der Waals surface area (Å²) in [7, 11) is 0. The van der Waals surface area contributed by atoms with Crippen molar-refractivity contribution in [1.29, 1.82) is 0 Å². The van der Waals surface area contributed by atoms with Gasteiger partial charge in [-0.1, -0.05) is 22.8 Å². The minimum absolute atomic E-state index is 0.0121. The predicted molar refractivity (Wildman–Crippen MR) is 116 cm³/mol. The molecule has 0 unspecified atom stereocenters. The normalized spacial score (nSPS) is 14.9. The Bertz CT molecular complexity index is 1380. The van der Waals surface area contributed by atoms with Gasteiger partial charge in [-0.3, -0.25) is 4.79 Å². The van der Waals surface area contributed by atoms with Crippen molar-refractivity contribution in [2.45, 2.75) is 25.7 Å². The van der Waals surface area contributed by atoms with E-state index in [1.807, 2.05) is 13.0 Å². The summed E-state index contributed by atoms with van der Waals surface area (Å²) in [5.41, 5.74) is 3.11. The largest absolute Gasteiger partial charge is 0.465 e. The third kappa shape index (κ3) is 3.52. The van der Waals surface area contributed by atoms with Crippen LogP contribution in [-0.2, 0) is 0 Å². The molecule has 1 aliphatic rings. The van der Waals surface area contributed by atoms with Gasteiger partial charge in [-0.2, -0.15) is 10.1 Å². The zero-order valence-corrected chi connectivity index (χ0v) is 17.8. The van der Waals surface area contributed by atoms with Gasteiger partial charge >= 0.3 is 6.09 Å². The summed E-state index contributed by atoms with van der Waals surface area (Å²) in [6.07, 6.45) is 1.88. The van der Waals surface area contributed by atoms with Crippen molar-refractivity contribution in [3.63, 3.8) is 0 Å². The van der Waals surface area contributed by atoms with E-state index in [1.165, 1.54) is 11.0 Å². The van der Waals surface area contributed by atoms with Gasteiger partial charge in [0, 0.05) is 35.7 Å². The van der Waals surface area contributed by atoms with Gasteiger partial charge in [0.05, 0.1) is 17.5 Å². The van der Waals surface area contributed by atoms with Crippen LogP contribution in [0.15, 0.2) is 39.8 Å². The molecular formula is C21H19ClN6O4. The van der Waals surface area contributed by atoms with Crippen LogP contribution in [0.4, 0.5) is 4.79 Å². The van der Waals surface area contributed by atoms with Gasteiger partial charge in [0.2, 0.25) is 5.82 Å². The highest BCUT2D eigenvalue weighted by Gasteiger charge is 2.27. The van der Waals surface area contributed by atoms with Crippen molar-refractivity contribution in [1.82, 2.24) is 29.6 Å². The summed E-state index contributed by atoms with van der Waals surface area (Å²) >= 11 is 6.11. The lowest BCUT2D eigenvalue weighted by molar-refractivity contribution is 0.131. The first-order chi connectivity index (χ1) is 15.4. The Morgan fingerprint density at radius 3 is 2.78 bits per heavy atom. The predicted octanol–water partition coefficient (Wildman–Crippen LogP) is 3.56. The van der Waals surface area contributed by atoms with E-state index in [-0.39, 0.29) is 11.5 Å². The first kappa shape index (κ1) is 20.3. The monoisotopic (exact) mass is 454 g/mol. The standard InChI is InChI=1S/C21H19ClN6O4/c1-11-2-3-13(22)8-14(11)20-25-18(26-32-20)15-10-23-28-16(9-17(29)24-19(15)28)12-4-6-27(7-5-12)21(30)31/h2-3,8-10,12H,4-7H2,1H3,(H,24,29)(H,30,31). The molecule has 1 aliphatic heterocycles. The minimum Gasteiger partial charge on any atom is -0.465 e. The number of likely N-dealkylation sites (tertiary alicyclic amines) is 1. The quantitative estimate of drug-likeness (QED) is 0.484. The molecule has 164 valence electrons. The number of nitrogens with one attached hydrogen (secondary N) is 1. The lowest BCUT2D eigenvalue weighted by atomic mass is 9.93. The Labute approximate surface area is 186 Å². The molecule has 1 aromatic carbocycles. The molecule has 3 aromatic heterocycles. The van der Waals surface area contributed by atoms with Crippen LogP contribution in [-0.4, -0.2) is 53.9 Å². The fourth-order valence-electron chi connectivity index (χ4n) is 4.10. The smallest absolute Gasteiger partial charge is 0.407 e. The number of carbonyl (C=O) groups is 1. The number of aryl methyl sites for hydroxylation is 1. The number of H-pyrrole nitrogens is 1. The van der Waals surface area contributed by atoms with Crippen LogP contribution in [0.5, 0.6) is 0 Å². The van der Waals surface area contributed by atoms with Crippen LogP contribution >= 0.6 is 11.6 Å². The minimum atomic E-state index is -0.927. The van der Waals surface area contributed by atoms with Crippen LogP contribution in [0, 0.1) is 6.92 Å². The molecule has 0 radical (unpaired) electrons. The van der Waals surface area contributed by atoms with E-state index in [0.717, 1.165) is 16.8 Å². The molecule has 0 atom stereocenters. The van der Waals surface area contributed by atoms with Crippen molar-refractivity contribution in [3.05, 3.63) is 57.1 Å². The van der Waals surface area contributed by atoms with Crippen molar-refractivity contribution in [3.8, 4) is 22.8 Å². The molecule has 32 heavy (non-hydrogen) atoms. The van der Waals surface area contributed by atoms with Crippen LogP contribution in [0.2, 0.25) is 5.02 Å². The molecule has 11 heteroatoms. The van der Waals surface area contributed by atoms with Crippen molar-refractivity contribution in [2.75, 3.05) is 13.1 Å². The molecule has 1 amide bonds. The fourth-order valence-corrected chi connectivity index (χ4v) is 4.27. The summed E-state index contributed by atoms with van der Waals surface area (Å²) in [5, 5.41) is 18.3. The van der Waals surface area contributed by atoms with E-state index >= 15 is 0 Å². The molecule has 4 heterocycles. The topological polar surface area (TPSA) is 130 Å². The number of halogens is 1. The number of piperidine rings is 1. The zero-order chi connectivity index (χ0) is 22.4. The first-order valence-corrected chi connectivity index (χ1v) is 10.5.